The van der Waals surface area contributed by atoms with Crippen molar-refractivity contribution in [3.8, 4) is 5.75 Å². The first-order chi connectivity index (χ1) is 11.8. The molecule has 0 aliphatic carbocycles. The Morgan fingerprint density at radius 3 is 2.76 bits per heavy atom. The number of hydrogen-bond acceptors (Lipinski definition) is 5. The molecular weight excluding hydrogens is 326 g/mol. The number of nitrogens with two attached hydrogens (primary N) is 2. The summed E-state index contributed by atoms with van der Waals surface area (Å²) in [7, 11) is 0. The minimum absolute atomic E-state index is 0.0550. The van der Waals surface area contributed by atoms with Crippen LogP contribution in [0.25, 0.3) is 0 Å². The predicted molar refractivity (Wildman–Crippen MR) is 90.1 cm³/mol. The first kappa shape index (κ1) is 17.9. The molecule has 0 bridgehead atoms. The third-order valence-electron chi connectivity index (χ3n) is 3.32. The van der Waals surface area contributed by atoms with E-state index in [1.807, 2.05) is 0 Å². The van der Waals surface area contributed by atoms with E-state index in [1.165, 1.54) is 6.07 Å². The number of benzene rings is 1. The average Bonchev–Trinajstić information content (AvgIpc) is 2.56. The van der Waals surface area contributed by atoms with E-state index in [4.69, 9.17) is 16.2 Å². The van der Waals surface area contributed by atoms with Crippen molar-refractivity contribution in [2.45, 2.75) is 13.0 Å². The number of carbonyl (C=O) groups excluding carboxylic acids is 3. The molecular formula is C16H19N5O4. The molecule has 2 rings (SSSR count). The second-order valence-electron chi connectivity index (χ2n) is 5.42. The minimum Gasteiger partial charge on any atom is -0.491 e. The molecule has 1 aromatic rings. The molecule has 0 spiro atoms. The molecule has 1 aliphatic heterocycles. The molecule has 0 saturated carbocycles. The van der Waals surface area contributed by atoms with Crippen LogP contribution < -0.4 is 32.2 Å². The van der Waals surface area contributed by atoms with Crippen molar-refractivity contribution >= 4 is 17.8 Å². The van der Waals surface area contributed by atoms with Crippen LogP contribution in [0.1, 0.15) is 17.3 Å². The third-order valence-corrected chi connectivity index (χ3v) is 3.32. The Morgan fingerprint density at radius 2 is 2.08 bits per heavy atom. The lowest BCUT2D eigenvalue weighted by molar-refractivity contribution is -0.118. The van der Waals surface area contributed by atoms with Crippen LogP contribution >= 0.6 is 0 Å². The first-order valence-electron chi connectivity index (χ1n) is 7.38. The molecule has 1 aliphatic rings. The summed E-state index contributed by atoms with van der Waals surface area (Å²) in [6.45, 7) is 5.40. The van der Waals surface area contributed by atoms with Crippen LogP contribution in [-0.4, -0.2) is 30.5 Å². The van der Waals surface area contributed by atoms with E-state index in [0.29, 0.717) is 11.3 Å². The molecule has 0 fully saturated rings. The summed E-state index contributed by atoms with van der Waals surface area (Å²) in [6.07, 6.45) is 0. The zero-order chi connectivity index (χ0) is 18.6. The van der Waals surface area contributed by atoms with Crippen molar-refractivity contribution in [2.24, 2.45) is 11.5 Å². The Bertz CT molecular complexity index is 772. The van der Waals surface area contributed by atoms with Crippen molar-refractivity contribution in [3.63, 3.8) is 0 Å². The predicted octanol–water partition coefficient (Wildman–Crippen LogP) is -0.334. The summed E-state index contributed by atoms with van der Waals surface area (Å²) in [4.78, 5) is 34.8. The van der Waals surface area contributed by atoms with E-state index in [2.05, 4.69) is 22.5 Å². The lowest BCUT2D eigenvalue weighted by Crippen LogP contribution is -2.49. The molecule has 9 heteroatoms. The Balaban J connectivity index is 1.95. The van der Waals surface area contributed by atoms with E-state index in [0.717, 1.165) is 0 Å². The summed E-state index contributed by atoms with van der Waals surface area (Å²) in [5, 5.41) is 7.35. The fourth-order valence-electron chi connectivity index (χ4n) is 2.04. The number of primary amides is 1. The summed E-state index contributed by atoms with van der Waals surface area (Å²) in [5.41, 5.74) is 11.4. The van der Waals surface area contributed by atoms with Crippen molar-refractivity contribution in [1.29, 1.82) is 0 Å². The highest BCUT2D eigenvalue weighted by Crippen LogP contribution is 2.13. The van der Waals surface area contributed by atoms with Gasteiger partial charge in [0, 0.05) is 5.56 Å². The fraction of sp³-hybridized carbons (Fsp3) is 0.188. The second kappa shape index (κ2) is 7.39. The van der Waals surface area contributed by atoms with E-state index >= 15 is 0 Å². The zero-order valence-corrected chi connectivity index (χ0v) is 13.6. The number of hydrogen-bond donors (Lipinski definition) is 5. The standard InChI is InChI=1S/C16H19N5O4/c1-8(7-25-11-5-3-4-10(6-11)14(18)22)19-15(23)13-12(17)9(2)20-16(24)21-13/h3-6,8H,2,7,17H2,1H3,(H2,18,22)(H,19,23)(H2,20,21,24)/t8-/m1/s1. The molecule has 0 radical (unpaired) electrons. The Morgan fingerprint density at radius 1 is 1.36 bits per heavy atom. The molecule has 132 valence electrons. The van der Waals surface area contributed by atoms with E-state index < -0.39 is 23.9 Å². The van der Waals surface area contributed by atoms with Crippen molar-refractivity contribution in [2.75, 3.05) is 6.61 Å². The Hall–Kier alpha value is -3.49. The van der Waals surface area contributed by atoms with Gasteiger partial charge in [0.15, 0.2) is 0 Å². The average molecular weight is 345 g/mol. The monoisotopic (exact) mass is 345 g/mol. The van der Waals surface area contributed by atoms with Gasteiger partial charge in [0.25, 0.3) is 5.91 Å². The molecule has 1 heterocycles. The normalized spacial score (nSPS) is 15.1. The SMILES string of the molecule is C=C1NC(=O)NC(C(=O)N[C@H](C)COc2cccc(C(N)=O)c2)=C1N. The number of carbonyl (C=O) groups is 3. The topological polar surface area (TPSA) is 149 Å². The van der Waals surface area contributed by atoms with E-state index in [1.54, 1.807) is 25.1 Å². The third kappa shape index (κ3) is 4.50. The number of urea groups is 1. The van der Waals surface area contributed by atoms with Crippen LogP contribution in [0.2, 0.25) is 0 Å². The Kier molecular flexibility index (Phi) is 5.28. The Labute approximate surface area is 144 Å². The van der Waals surface area contributed by atoms with Gasteiger partial charge in [-0.2, -0.15) is 0 Å². The van der Waals surface area contributed by atoms with E-state index in [-0.39, 0.29) is 23.7 Å². The van der Waals surface area contributed by atoms with Crippen molar-refractivity contribution in [1.82, 2.24) is 16.0 Å². The number of rotatable bonds is 6. The molecule has 1 atom stereocenters. The molecule has 25 heavy (non-hydrogen) atoms. The molecule has 0 saturated heterocycles. The maximum Gasteiger partial charge on any atom is 0.323 e. The molecule has 7 N–H and O–H groups in total. The number of ether oxygens (including phenoxy) is 1. The second-order valence-corrected chi connectivity index (χ2v) is 5.42. The molecule has 0 unspecified atom stereocenters. The first-order valence-corrected chi connectivity index (χ1v) is 7.38. The largest absolute Gasteiger partial charge is 0.491 e. The van der Waals surface area contributed by atoms with Gasteiger partial charge < -0.3 is 32.2 Å². The van der Waals surface area contributed by atoms with Crippen LogP contribution in [0, 0.1) is 0 Å². The minimum atomic E-state index is -0.587. The number of nitrogens with one attached hydrogen (secondary N) is 3. The van der Waals surface area contributed by atoms with Gasteiger partial charge in [-0.15, -0.1) is 0 Å². The quantitative estimate of drug-likeness (QED) is 0.478. The van der Waals surface area contributed by atoms with Crippen LogP contribution in [0.4, 0.5) is 4.79 Å². The van der Waals surface area contributed by atoms with E-state index in [9.17, 15) is 14.4 Å². The smallest absolute Gasteiger partial charge is 0.323 e. The lowest BCUT2D eigenvalue weighted by Gasteiger charge is -2.22. The maximum absolute atomic E-state index is 12.2. The highest BCUT2D eigenvalue weighted by atomic mass is 16.5. The van der Waals surface area contributed by atoms with Crippen LogP contribution in [-0.2, 0) is 4.79 Å². The maximum atomic E-state index is 12.2. The van der Waals surface area contributed by atoms with Crippen LogP contribution in [0.15, 0.2) is 47.9 Å². The van der Waals surface area contributed by atoms with Gasteiger partial charge in [-0.25, -0.2) is 4.79 Å². The zero-order valence-electron chi connectivity index (χ0n) is 13.6. The highest BCUT2D eigenvalue weighted by molar-refractivity contribution is 6.00. The molecule has 9 nitrogen and oxygen atoms in total. The number of amides is 4. The summed E-state index contributed by atoms with van der Waals surface area (Å²) in [6, 6.07) is 5.40. The summed E-state index contributed by atoms with van der Waals surface area (Å²) < 4.78 is 5.53. The summed E-state index contributed by atoms with van der Waals surface area (Å²) in [5.74, 6) is -0.675. The lowest BCUT2D eigenvalue weighted by atomic mass is 10.2. The van der Waals surface area contributed by atoms with Gasteiger partial charge in [0.1, 0.15) is 18.1 Å². The van der Waals surface area contributed by atoms with Gasteiger partial charge in [0.2, 0.25) is 5.91 Å². The molecule has 4 amide bonds. The molecule has 1 aromatic carbocycles. The van der Waals surface area contributed by atoms with Crippen molar-refractivity contribution in [3.05, 3.63) is 53.5 Å². The fourth-order valence-corrected chi connectivity index (χ4v) is 2.04. The van der Waals surface area contributed by atoms with Crippen LogP contribution in [0.5, 0.6) is 5.75 Å². The molecule has 0 aromatic heterocycles. The highest BCUT2D eigenvalue weighted by Gasteiger charge is 2.24. The van der Waals surface area contributed by atoms with Gasteiger partial charge in [-0.05, 0) is 25.1 Å². The van der Waals surface area contributed by atoms with Gasteiger partial charge in [-0.1, -0.05) is 12.6 Å². The van der Waals surface area contributed by atoms with Gasteiger partial charge in [-0.3, -0.25) is 9.59 Å². The van der Waals surface area contributed by atoms with Gasteiger partial charge in [0.05, 0.1) is 17.4 Å². The van der Waals surface area contributed by atoms with Crippen LogP contribution in [0.3, 0.4) is 0 Å². The van der Waals surface area contributed by atoms with Crippen molar-refractivity contribution < 1.29 is 19.1 Å². The summed E-state index contributed by atoms with van der Waals surface area (Å²) >= 11 is 0. The van der Waals surface area contributed by atoms with Gasteiger partial charge >= 0.3 is 6.03 Å².